The lowest BCUT2D eigenvalue weighted by Gasteiger charge is -2.05. The van der Waals surface area contributed by atoms with Gasteiger partial charge >= 0.3 is 5.97 Å². The minimum absolute atomic E-state index is 0.238. The molecule has 0 amide bonds. The van der Waals surface area contributed by atoms with Crippen LogP contribution in [0, 0.1) is 19.7 Å². The third-order valence-corrected chi connectivity index (χ3v) is 3.32. The summed E-state index contributed by atoms with van der Waals surface area (Å²) >= 11 is 0. The van der Waals surface area contributed by atoms with Crippen LogP contribution in [0.25, 0.3) is 5.69 Å². The average molecular weight is 276 g/mol. The van der Waals surface area contributed by atoms with E-state index in [0.717, 1.165) is 22.6 Å². The van der Waals surface area contributed by atoms with Gasteiger partial charge in [0.1, 0.15) is 5.82 Å². The van der Waals surface area contributed by atoms with Crippen molar-refractivity contribution >= 4 is 5.97 Å². The largest absolute Gasteiger partial charge is 0.469 e. The van der Waals surface area contributed by atoms with E-state index >= 15 is 0 Å². The molecule has 0 saturated carbocycles. The summed E-state index contributed by atoms with van der Waals surface area (Å²) < 4.78 is 19.4. The summed E-state index contributed by atoms with van der Waals surface area (Å²) in [6.45, 7) is 3.84. The summed E-state index contributed by atoms with van der Waals surface area (Å²) in [6.07, 6.45) is 0.916. The summed E-state index contributed by atoms with van der Waals surface area (Å²) in [6, 6.07) is 6.16. The summed E-state index contributed by atoms with van der Waals surface area (Å²) in [5.74, 6) is -0.514. The third-order valence-electron chi connectivity index (χ3n) is 3.32. The van der Waals surface area contributed by atoms with Crippen LogP contribution in [0.5, 0.6) is 0 Å². The number of aromatic nitrogens is 2. The fourth-order valence-corrected chi connectivity index (χ4v) is 2.20. The van der Waals surface area contributed by atoms with Crippen molar-refractivity contribution in [2.45, 2.75) is 26.7 Å². The van der Waals surface area contributed by atoms with Gasteiger partial charge < -0.3 is 4.74 Å². The topological polar surface area (TPSA) is 44.1 Å². The summed E-state index contributed by atoms with van der Waals surface area (Å²) in [5.41, 5.74) is 3.66. The fourth-order valence-electron chi connectivity index (χ4n) is 2.20. The first-order valence-corrected chi connectivity index (χ1v) is 6.40. The number of halogens is 1. The van der Waals surface area contributed by atoms with Gasteiger partial charge in [-0.15, -0.1) is 0 Å². The molecule has 0 bridgehead atoms. The Hall–Kier alpha value is -2.17. The lowest BCUT2D eigenvalue weighted by molar-refractivity contribution is -0.140. The molecule has 0 aliphatic rings. The number of carbonyl (C=O) groups excluding carboxylic acids is 1. The Morgan fingerprint density at radius 1 is 1.30 bits per heavy atom. The Morgan fingerprint density at radius 2 is 1.95 bits per heavy atom. The lowest BCUT2D eigenvalue weighted by Crippen LogP contribution is -2.03. The highest BCUT2D eigenvalue weighted by Crippen LogP contribution is 2.19. The molecule has 1 aromatic carbocycles. The van der Waals surface area contributed by atoms with Gasteiger partial charge in [-0.05, 0) is 50.1 Å². The minimum Gasteiger partial charge on any atom is -0.469 e. The summed E-state index contributed by atoms with van der Waals surface area (Å²) in [5, 5.41) is 4.46. The van der Waals surface area contributed by atoms with Crippen LogP contribution >= 0.6 is 0 Å². The number of aryl methyl sites for hydroxylation is 1. The zero-order chi connectivity index (χ0) is 14.7. The molecule has 2 rings (SSSR count). The first kappa shape index (κ1) is 14.2. The Morgan fingerprint density at radius 3 is 2.55 bits per heavy atom. The van der Waals surface area contributed by atoms with Gasteiger partial charge in [0.2, 0.25) is 0 Å². The highest BCUT2D eigenvalue weighted by atomic mass is 19.1. The van der Waals surface area contributed by atoms with E-state index in [4.69, 9.17) is 0 Å². The third kappa shape index (κ3) is 2.87. The smallest absolute Gasteiger partial charge is 0.305 e. The number of carbonyl (C=O) groups is 1. The van der Waals surface area contributed by atoms with Gasteiger partial charge in [-0.25, -0.2) is 9.07 Å². The summed E-state index contributed by atoms with van der Waals surface area (Å²) in [4.78, 5) is 11.2. The lowest BCUT2D eigenvalue weighted by atomic mass is 10.1. The van der Waals surface area contributed by atoms with Crippen molar-refractivity contribution in [2.75, 3.05) is 7.11 Å². The first-order valence-electron chi connectivity index (χ1n) is 6.40. The molecule has 5 heteroatoms. The van der Waals surface area contributed by atoms with Crippen LogP contribution in [0.2, 0.25) is 0 Å². The van der Waals surface area contributed by atoms with Gasteiger partial charge in [0.05, 0.1) is 18.5 Å². The van der Waals surface area contributed by atoms with Gasteiger partial charge in [-0.2, -0.15) is 5.10 Å². The van der Waals surface area contributed by atoms with Crippen molar-refractivity contribution in [1.82, 2.24) is 9.78 Å². The van der Waals surface area contributed by atoms with Crippen molar-refractivity contribution in [3.63, 3.8) is 0 Å². The van der Waals surface area contributed by atoms with E-state index in [0.29, 0.717) is 12.8 Å². The van der Waals surface area contributed by atoms with E-state index in [1.165, 1.54) is 19.2 Å². The van der Waals surface area contributed by atoms with Crippen LogP contribution in [-0.4, -0.2) is 22.9 Å². The van der Waals surface area contributed by atoms with E-state index in [2.05, 4.69) is 9.84 Å². The molecular weight excluding hydrogens is 259 g/mol. The Kier molecular flexibility index (Phi) is 4.17. The normalized spacial score (nSPS) is 10.6. The predicted molar refractivity (Wildman–Crippen MR) is 73.3 cm³/mol. The monoisotopic (exact) mass is 276 g/mol. The second-order valence-electron chi connectivity index (χ2n) is 4.61. The van der Waals surface area contributed by atoms with Gasteiger partial charge in [-0.1, -0.05) is 0 Å². The minimum atomic E-state index is -0.277. The molecule has 0 aliphatic heterocycles. The highest BCUT2D eigenvalue weighted by molar-refractivity contribution is 5.69. The van der Waals surface area contributed by atoms with Gasteiger partial charge in [0, 0.05) is 12.1 Å². The molecule has 0 fully saturated rings. The van der Waals surface area contributed by atoms with Crippen LogP contribution in [0.4, 0.5) is 4.39 Å². The van der Waals surface area contributed by atoms with Crippen molar-refractivity contribution in [3.8, 4) is 5.69 Å². The van der Waals surface area contributed by atoms with Crippen LogP contribution < -0.4 is 0 Å². The van der Waals surface area contributed by atoms with Gasteiger partial charge in [0.25, 0.3) is 0 Å². The van der Waals surface area contributed by atoms with Crippen LogP contribution in [0.3, 0.4) is 0 Å². The van der Waals surface area contributed by atoms with Gasteiger partial charge in [-0.3, -0.25) is 4.79 Å². The fraction of sp³-hybridized carbons (Fsp3) is 0.333. The molecule has 1 heterocycles. The van der Waals surface area contributed by atoms with Crippen LogP contribution in [-0.2, 0) is 16.0 Å². The van der Waals surface area contributed by atoms with Crippen molar-refractivity contribution in [2.24, 2.45) is 0 Å². The molecule has 0 saturated heterocycles. The number of methoxy groups -OCH3 is 1. The van der Waals surface area contributed by atoms with E-state index in [9.17, 15) is 9.18 Å². The molecule has 0 aliphatic carbocycles. The maximum absolute atomic E-state index is 13.0. The number of hydrogen-bond donors (Lipinski definition) is 0. The number of hydrogen-bond acceptors (Lipinski definition) is 3. The molecule has 0 atom stereocenters. The zero-order valence-electron chi connectivity index (χ0n) is 11.8. The second kappa shape index (κ2) is 5.86. The average Bonchev–Trinajstić information content (AvgIpc) is 2.72. The maximum atomic E-state index is 13.0. The molecule has 0 spiro atoms. The molecule has 1 aromatic heterocycles. The van der Waals surface area contributed by atoms with E-state index in [-0.39, 0.29) is 11.8 Å². The molecule has 0 N–H and O–H groups in total. The van der Waals surface area contributed by atoms with Crippen LogP contribution in [0.15, 0.2) is 24.3 Å². The number of esters is 1. The Balaban J connectivity index is 2.28. The van der Waals surface area contributed by atoms with Crippen molar-refractivity contribution in [1.29, 1.82) is 0 Å². The number of rotatable bonds is 4. The number of benzene rings is 1. The maximum Gasteiger partial charge on any atom is 0.305 e. The van der Waals surface area contributed by atoms with Crippen molar-refractivity contribution < 1.29 is 13.9 Å². The quantitative estimate of drug-likeness (QED) is 0.806. The SMILES string of the molecule is COC(=O)CCc1c(C)nn(-c2ccc(F)cc2)c1C. The van der Waals surface area contributed by atoms with Crippen molar-refractivity contribution in [3.05, 3.63) is 47.0 Å². The molecular formula is C15H17FN2O2. The second-order valence-corrected chi connectivity index (χ2v) is 4.61. The molecule has 4 nitrogen and oxygen atoms in total. The molecule has 20 heavy (non-hydrogen) atoms. The Bertz CT molecular complexity index is 618. The van der Waals surface area contributed by atoms with Gasteiger partial charge in [0.15, 0.2) is 0 Å². The number of nitrogens with zero attached hydrogens (tertiary/aromatic N) is 2. The number of ether oxygens (including phenoxy) is 1. The first-order chi connectivity index (χ1) is 9.52. The Labute approximate surface area is 117 Å². The highest BCUT2D eigenvalue weighted by Gasteiger charge is 2.14. The summed E-state index contributed by atoms with van der Waals surface area (Å²) in [7, 11) is 1.38. The molecule has 0 radical (unpaired) electrons. The van der Waals surface area contributed by atoms with Crippen LogP contribution in [0.1, 0.15) is 23.4 Å². The van der Waals surface area contributed by atoms with E-state index in [1.54, 1.807) is 16.8 Å². The molecule has 2 aromatic rings. The standard InChI is InChI=1S/C15H17FN2O2/c1-10-14(8-9-15(19)20-3)11(2)18(17-10)13-6-4-12(16)5-7-13/h4-7H,8-9H2,1-3H3. The predicted octanol–water partition coefficient (Wildman–Crippen LogP) is 2.73. The van der Waals surface area contributed by atoms with E-state index in [1.807, 2.05) is 13.8 Å². The zero-order valence-corrected chi connectivity index (χ0v) is 11.8. The molecule has 0 unspecified atom stereocenters. The molecule has 106 valence electrons. The van der Waals surface area contributed by atoms with E-state index < -0.39 is 0 Å².